The smallest absolute Gasteiger partial charge is 0.258 e. The summed E-state index contributed by atoms with van der Waals surface area (Å²) in [7, 11) is 0. The number of nitro benzene ring substituents is 1. The first kappa shape index (κ1) is 14.6. The number of hydrogen-bond donors (Lipinski definition) is 0. The Kier molecular flexibility index (Phi) is 5.06. The molecule has 2 rings (SSSR count). The van der Waals surface area contributed by atoms with Crippen LogP contribution >= 0.6 is 23.2 Å². The van der Waals surface area contributed by atoms with Crippen LogP contribution in [0.15, 0.2) is 18.2 Å². The van der Waals surface area contributed by atoms with Crippen LogP contribution < -0.4 is 0 Å². The van der Waals surface area contributed by atoms with Gasteiger partial charge in [0.2, 0.25) is 0 Å². The standard InChI is InChI=1S/C14H17Cl2NO2/c15-12(10-4-1-2-5-10)9-8-11-13(16)6-3-7-14(11)17(18)19/h3,6-7,10,12H,1-2,4-5,8-9H2. The Morgan fingerprint density at radius 2 is 2.05 bits per heavy atom. The van der Waals surface area contributed by atoms with Crippen LogP contribution in [0.1, 0.15) is 37.7 Å². The maximum Gasteiger partial charge on any atom is 0.274 e. The third-order valence-corrected chi connectivity index (χ3v) is 4.80. The fourth-order valence-electron chi connectivity index (χ4n) is 2.80. The number of rotatable bonds is 5. The summed E-state index contributed by atoms with van der Waals surface area (Å²) >= 11 is 12.5. The molecule has 0 spiro atoms. The summed E-state index contributed by atoms with van der Waals surface area (Å²) in [5, 5.41) is 11.5. The molecule has 5 heteroatoms. The quantitative estimate of drug-likeness (QED) is 0.437. The van der Waals surface area contributed by atoms with Gasteiger partial charge in [-0.05, 0) is 37.7 Å². The fraction of sp³-hybridized carbons (Fsp3) is 0.571. The van der Waals surface area contributed by atoms with Crippen LogP contribution in [0.2, 0.25) is 5.02 Å². The molecule has 104 valence electrons. The monoisotopic (exact) mass is 301 g/mol. The Bertz CT molecular complexity index is 459. The molecule has 0 amide bonds. The largest absolute Gasteiger partial charge is 0.274 e. The molecule has 1 unspecified atom stereocenters. The van der Waals surface area contributed by atoms with Crippen LogP contribution in [0, 0.1) is 16.0 Å². The van der Waals surface area contributed by atoms with E-state index >= 15 is 0 Å². The molecule has 1 aromatic rings. The number of nitro groups is 1. The van der Waals surface area contributed by atoms with E-state index in [4.69, 9.17) is 23.2 Å². The van der Waals surface area contributed by atoms with Gasteiger partial charge < -0.3 is 0 Å². The molecule has 0 radical (unpaired) electrons. The first-order valence-corrected chi connectivity index (χ1v) is 7.47. The topological polar surface area (TPSA) is 43.1 Å². The van der Waals surface area contributed by atoms with Gasteiger partial charge in [-0.25, -0.2) is 0 Å². The first-order valence-electron chi connectivity index (χ1n) is 6.65. The second kappa shape index (κ2) is 6.58. The Morgan fingerprint density at radius 3 is 2.68 bits per heavy atom. The molecular formula is C14H17Cl2NO2. The average molecular weight is 302 g/mol. The molecule has 0 aliphatic heterocycles. The van der Waals surface area contributed by atoms with E-state index < -0.39 is 0 Å². The number of benzene rings is 1. The van der Waals surface area contributed by atoms with Crippen LogP contribution in [0.25, 0.3) is 0 Å². The van der Waals surface area contributed by atoms with Gasteiger partial charge in [0.25, 0.3) is 5.69 Å². The summed E-state index contributed by atoms with van der Waals surface area (Å²) in [6.07, 6.45) is 6.18. The maximum atomic E-state index is 11.0. The molecule has 1 saturated carbocycles. The summed E-state index contributed by atoms with van der Waals surface area (Å²) in [6.45, 7) is 0. The third-order valence-electron chi connectivity index (χ3n) is 3.87. The third kappa shape index (κ3) is 3.61. The summed E-state index contributed by atoms with van der Waals surface area (Å²) < 4.78 is 0. The Balaban J connectivity index is 2.04. The molecule has 1 aliphatic rings. The second-order valence-electron chi connectivity index (χ2n) is 5.09. The van der Waals surface area contributed by atoms with Gasteiger partial charge in [-0.1, -0.05) is 30.5 Å². The lowest BCUT2D eigenvalue weighted by Crippen LogP contribution is -2.12. The van der Waals surface area contributed by atoms with Crippen molar-refractivity contribution in [3.05, 3.63) is 38.9 Å². The van der Waals surface area contributed by atoms with E-state index in [-0.39, 0.29) is 16.0 Å². The van der Waals surface area contributed by atoms with Gasteiger partial charge >= 0.3 is 0 Å². The molecule has 1 aliphatic carbocycles. The SMILES string of the molecule is O=[N+]([O-])c1cccc(Cl)c1CCC(Cl)C1CCCC1. The number of halogens is 2. The van der Waals surface area contributed by atoms with Crippen LogP contribution in [-0.4, -0.2) is 10.3 Å². The molecular weight excluding hydrogens is 285 g/mol. The van der Waals surface area contributed by atoms with Crippen molar-refractivity contribution in [2.24, 2.45) is 5.92 Å². The highest BCUT2D eigenvalue weighted by Gasteiger charge is 2.24. The van der Waals surface area contributed by atoms with Crippen molar-refractivity contribution in [1.82, 2.24) is 0 Å². The van der Waals surface area contributed by atoms with Crippen molar-refractivity contribution in [3.8, 4) is 0 Å². The molecule has 3 nitrogen and oxygen atoms in total. The van der Waals surface area contributed by atoms with Crippen molar-refractivity contribution in [2.45, 2.75) is 43.9 Å². The van der Waals surface area contributed by atoms with Gasteiger partial charge in [0.15, 0.2) is 0 Å². The normalized spacial score (nSPS) is 17.6. The Hall–Kier alpha value is -0.800. The van der Waals surface area contributed by atoms with E-state index in [9.17, 15) is 10.1 Å². The van der Waals surface area contributed by atoms with Crippen LogP contribution in [0.3, 0.4) is 0 Å². The molecule has 0 aromatic heterocycles. The van der Waals surface area contributed by atoms with Crippen molar-refractivity contribution in [1.29, 1.82) is 0 Å². The lowest BCUT2D eigenvalue weighted by molar-refractivity contribution is -0.385. The van der Waals surface area contributed by atoms with Crippen molar-refractivity contribution in [2.75, 3.05) is 0 Å². The maximum absolute atomic E-state index is 11.0. The van der Waals surface area contributed by atoms with Gasteiger partial charge in [0, 0.05) is 17.0 Å². The fourth-order valence-corrected chi connectivity index (χ4v) is 3.43. The zero-order valence-electron chi connectivity index (χ0n) is 10.6. The van der Waals surface area contributed by atoms with E-state index in [1.54, 1.807) is 12.1 Å². The summed E-state index contributed by atoms with van der Waals surface area (Å²) in [5.41, 5.74) is 0.709. The van der Waals surface area contributed by atoms with Gasteiger partial charge in [0.1, 0.15) is 0 Å². The van der Waals surface area contributed by atoms with Crippen molar-refractivity contribution in [3.63, 3.8) is 0 Å². The van der Waals surface area contributed by atoms with Crippen LogP contribution in [0.5, 0.6) is 0 Å². The molecule has 1 fully saturated rings. The Morgan fingerprint density at radius 1 is 1.37 bits per heavy atom. The van der Waals surface area contributed by atoms with Crippen molar-refractivity contribution >= 4 is 28.9 Å². The predicted octanol–water partition coefficient (Wildman–Crippen LogP) is 4.98. The van der Waals surface area contributed by atoms with Gasteiger partial charge in [0.05, 0.1) is 9.95 Å². The highest BCUT2D eigenvalue weighted by Crippen LogP contribution is 2.34. The van der Waals surface area contributed by atoms with Crippen LogP contribution in [0.4, 0.5) is 5.69 Å². The number of hydrogen-bond acceptors (Lipinski definition) is 2. The highest BCUT2D eigenvalue weighted by atomic mass is 35.5. The van der Waals surface area contributed by atoms with E-state index in [1.165, 1.54) is 31.7 Å². The van der Waals surface area contributed by atoms with Crippen molar-refractivity contribution < 1.29 is 4.92 Å². The van der Waals surface area contributed by atoms with E-state index in [0.29, 0.717) is 22.9 Å². The molecule has 19 heavy (non-hydrogen) atoms. The highest BCUT2D eigenvalue weighted by molar-refractivity contribution is 6.31. The molecule has 1 atom stereocenters. The Labute approximate surface area is 123 Å². The van der Waals surface area contributed by atoms with Crippen LogP contribution in [-0.2, 0) is 6.42 Å². The van der Waals surface area contributed by atoms with E-state index in [1.807, 2.05) is 0 Å². The lowest BCUT2D eigenvalue weighted by Gasteiger charge is -2.16. The molecule has 0 bridgehead atoms. The van der Waals surface area contributed by atoms with E-state index in [0.717, 1.165) is 6.42 Å². The summed E-state index contributed by atoms with van der Waals surface area (Å²) in [5.74, 6) is 0.559. The zero-order valence-corrected chi connectivity index (χ0v) is 12.2. The second-order valence-corrected chi connectivity index (χ2v) is 6.06. The summed E-state index contributed by atoms with van der Waals surface area (Å²) in [6, 6.07) is 4.81. The number of alkyl halides is 1. The van der Waals surface area contributed by atoms with Gasteiger partial charge in [-0.3, -0.25) is 10.1 Å². The molecule has 1 aromatic carbocycles. The number of nitrogens with zero attached hydrogens (tertiary/aromatic N) is 1. The minimum absolute atomic E-state index is 0.0957. The van der Waals surface area contributed by atoms with Gasteiger partial charge in [-0.2, -0.15) is 0 Å². The average Bonchev–Trinajstić information content (AvgIpc) is 2.90. The molecule has 0 heterocycles. The molecule has 0 saturated heterocycles. The predicted molar refractivity (Wildman–Crippen MR) is 78.0 cm³/mol. The minimum Gasteiger partial charge on any atom is -0.258 e. The van der Waals surface area contributed by atoms with Gasteiger partial charge in [-0.15, -0.1) is 11.6 Å². The lowest BCUT2D eigenvalue weighted by atomic mass is 9.97. The zero-order chi connectivity index (χ0) is 13.8. The summed E-state index contributed by atoms with van der Waals surface area (Å²) in [4.78, 5) is 10.6. The molecule has 0 N–H and O–H groups in total. The van der Waals surface area contributed by atoms with E-state index in [2.05, 4.69) is 0 Å². The minimum atomic E-state index is -0.375. The first-order chi connectivity index (χ1) is 9.09.